The molecule has 0 bridgehead atoms. The summed E-state index contributed by atoms with van der Waals surface area (Å²) in [5.74, 6) is 0.327. The maximum absolute atomic E-state index is 10.1. The van der Waals surface area contributed by atoms with Gasteiger partial charge in [0.15, 0.2) is 0 Å². The molecule has 24 heavy (non-hydrogen) atoms. The molecule has 3 rings (SSSR count). The molecule has 0 radical (unpaired) electrons. The van der Waals surface area contributed by atoms with Crippen LogP contribution in [0.4, 0.5) is 0 Å². The van der Waals surface area contributed by atoms with E-state index in [2.05, 4.69) is 0 Å². The second kappa shape index (κ2) is 7.25. The van der Waals surface area contributed by atoms with E-state index in [1.54, 1.807) is 36.4 Å². The van der Waals surface area contributed by atoms with E-state index in [0.29, 0.717) is 28.0 Å². The van der Waals surface area contributed by atoms with E-state index >= 15 is 0 Å². The lowest BCUT2D eigenvalue weighted by Gasteiger charge is -2.04. The number of furan rings is 1. The Labute approximate surface area is 150 Å². The third kappa shape index (κ3) is 3.45. The fourth-order valence-electron chi connectivity index (χ4n) is 2.24. The molecule has 0 aliphatic carbocycles. The molecule has 0 amide bonds. The van der Waals surface area contributed by atoms with E-state index in [-0.39, 0.29) is 42.2 Å². The highest BCUT2D eigenvalue weighted by molar-refractivity contribution is 5.99. The summed E-state index contributed by atoms with van der Waals surface area (Å²) in [4.78, 5) is 0. The lowest BCUT2D eigenvalue weighted by molar-refractivity contribution is 0.474. The minimum Gasteiger partial charge on any atom is -0.507 e. The highest BCUT2D eigenvalue weighted by atomic mass is 35.5. The molecule has 0 atom stereocenters. The number of nitrogens with one attached hydrogen (secondary N) is 2. The second-order valence-corrected chi connectivity index (χ2v) is 4.92. The summed E-state index contributed by atoms with van der Waals surface area (Å²) in [6.45, 7) is 0. The van der Waals surface area contributed by atoms with Gasteiger partial charge in [-0.3, -0.25) is 10.8 Å². The minimum atomic E-state index is -0.113. The van der Waals surface area contributed by atoms with E-state index in [1.165, 1.54) is 6.07 Å². The first-order valence-corrected chi connectivity index (χ1v) is 6.51. The number of halogens is 2. The number of phenolic OH excluding ortho intramolecular Hbond substituents is 1. The average molecular weight is 367 g/mol. The summed E-state index contributed by atoms with van der Waals surface area (Å²) in [6.07, 6.45) is 0. The minimum absolute atomic E-state index is 0. The maximum atomic E-state index is 10.1. The largest absolute Gasteiger partial charge is 0.507 e. The van der Waals surface area contributed by atoms with Gasteiger partial charge >= 0.3 is 0 Å². The van der Waals surface area contributed by atoms with Gasteiger partial charge in [-0.1, -0.05) is 18.2 Å². The molecule has 0 unspecified atom stereocenters. The molecule has 6 nitrogen and oxygen atoms in total. The number of aromatic hydroxyl groups is 1. The van der Waals surface area contributed by atoms with Crippen LogP contribution in [-0.2, 0) is 0 Å². The molecular weight excluding hydrogens is 351 g/mol. The van der Waals surface area contributed by atoms with Crippen molar-refractivity contribution in [3.63, 3.8) is 0 Å². The van der Waals surface area contributed by atoms with Crippen LogP contribution < -0.4 is 11.5 Å². The van der Waals surface area contributed by atoms with Crippen molar-refractivity contribution >= 4 is 47.5 Å². The van der Waals surface area contributed by atoms with Crippen LogP contribution in [0, 0.1) is 10.8 Å². The Balaban J connectivity index is 0.00000144. The Bertz CT molecular complexity index is 922. The maximum Gasteiger partial charge on any atom is 0.139 e. The van der Waals surface area contributed by atoms with Crippen LogP contribution in [0.2, 0.25) is 0 Å². The van der Waals surface area contributed by atoms with Gasteiger partial charge in [-0.2, -0.15) is 0 Å². The van der Waals surface area contributed by atoms with Crippen LogP contribution in [0.25, 0.3) is 22.3 Å². The lowest BCUT2D eigenvalue weighted by atomic mass is 10.1. The number of benzene rings is 2. The number of hydrogen-bond acceptors (Lipinski definition) is 4. The van der Waals surface area contributed by atoms with Gasteiger partial charge in [0.25, 0.3) is 0 Å². The molecule has 7 N–H and O–H groups in total. The van der Waals surface area contributed by atoms with Gasteiger partial charge in [-0.15, -0.1) is 24.8 Å². The standard InChI is InChI=1S/C16H14N4O2.2ClH/c17-15(18)9-3-4-11(12(21)5-9)14-6-8-1-2-10(16(19)20)7-13(8)22-14;;/h1-7,21H,(H3,17,18)(H3,19,20);2*1H. The van der Waals surface area contributed by atoms with E-state index in [4.69, 9.17) is 26.7 Å². The van der Waals surface area contributed by atoms with Gasteiger partial charge in [0.05, 0.1) is 5.56 Å². The first kappa shape index (κ1) is 19.3. The molecule has 126 valence electrons. The number of nitrogens with two attached hydrogens (primary N) is 2. The molecule has 0 fully saturated rings. The Morgan fingerprint density at radius 1 is 0.875 bits per heavy atom. The van der Waals surface area contributed by atoms with Crippen molar-refractivity contribution in [2.45, 2.75) is 0 Å². The topological polar surface area (TPSA) is 133 Å². The fraction of sp³-hybridized carbons (Fsp3) is 0. The summed E-state index contributed by atoms with van der Waals surface area (Å²) in [5, 5.41) is 25.8. The quantitative estimate of drug-likeness (QED) is 0.359. The van der Waals surface area contributed by atoms with Crippen molar-refractivity contribution in [3.8, 4) is 17.1 Å². The SMILES string of the molecule is Cl.Cl.N=C(N)c1ccc(-c2cc3ccc(C(=N)N)cc3o2)c(O)c1. The second-order valence-electron chi connectivity index (χ2n) is 4.92. The smallest absolute Gasteiger partial charge is 0.139 e. The molecule has 8 heteroatoms. The number of rotatable bonds is 3. The molecular formula is C16H16Cl2N4O2. The number of nitrogen functional groups attached to an aromatic ring is 2. The molecule has 1 heterocycles. The highest BCUT2D eigenvalue weighted by Gasteiger charge is 2.12. The lowest BCUT2D eigenvalue weighted by Crippen LogP contribution is -2.10. The van der Waals surface area contributed by atoms with Crippen molar-refractivity contribution in [1.82, 2.24) is 0 Å². The zero-order valence-electron chi connectivity index (χ0n) is 12.4. The van der Waals surface area contributed by atoms with E-state index in [1.807, 2.05) is 0 Å². The monoisotopic (exact) mass is 366 g/mol. The zero-order chi connectivity index (χ0) is 15.9. The summed E-state index contributed by atoms with van der Waals surface area (Å²) in [6, 6.07) is 11.7. The van der Waals surface area contributed by atoms with Crippen molar-refractivity contribution in [2.75, 3.05) is 0 Å². The molecule has 2 aromatic carbocycles. The van der Waals surface area contributed by atoms with Crippen LogP contribution in [0.5, 0.6) is 5.75 Å². The van der Waals surface area contributed by atoms with Gasteiger partial charge in [0.2, 0.25) is 0 Å². The van der Waals surface area contributed by atoms with E-state index in [9.17, 15) is 5.11 Å². The Hall–Kier alpha value is -2.70. The molecule has 1 aromatic heterocycles. The zero-order valence-corrected chi connectivity index (χ0v) is 14.0. The normalized spacial score (nSPS) is 9.83. The van der Waals surface area contributed by atoms with Crippen molar-refractivity contribution in [3.05, 3.63) is 53.6 Å². The predicted octanol–water partition coefficient (Wildman–Crippen LogP) is 3.22. The predicted molar refractivity (Wildman–Crippen MR) is 99.8 cm³/mol. The number of phenols is 1. The summed E-state index contributed by atoms with van der Waals surface area (Å²) < 4.78 is 5.73. The molecule has 0 aliphatic heterocycles. The third-order valence-corrected chi connectivity index (χ3v) is 3.41. The van der Waals surface area contributed by atoms with Crippen LogP contribution in [0.1, 0.15) is 11.1 Å². The van der Waals surface area contributed by atoms with Gasteiger partial charge in [0.1, 0.15) is 28.8 Å². The van der Waals surface area contributed by atoms with Crippen LogP contribution in [0.3, 0.4) is 0 Å². The highest BCUT2D eigenvalue weighted by Crippen LogP contribution is 2.34. The van der Waals surface area contributed by atoms with Crippen molar-refractivity contribution < 1.29 is 9.52 Å². The fourth-order valence-corrected chi connectivity index (χ4v) is 2.24. The number of hydrogen-bond donors (Lipinski definition) is 5. The van der Waals surface area contributed by atoms with Gasteiger partial charge in [0, 0.05) is 16.5 Å². The van der Waals surface area contributed by atoms with E-state index < -0.39 is 0 Å². The third-order valence-electron chi connectivity index (χ3n) is 3.41. The van der Waals surface area contributed by atoms with Gasteiger partial charge in [-0.05, 0) is 24.3 Å². The summed E-state index contributed by atoms with van der Waals surface area (Å²) in [5.41, 5.74) is 13.0. The van der Waals surface area contributed by atoms with Gasteiger partial charge < -0.3 is 21.0 Å². The summed E-state index contributed by atoms with van der Waals surface area (Å²) in [7, 11) is 0. The first-order valence-electron chi connectivity index (χ1n) is 6.51. The Kier molecular flexibility index (Phi) is 5.84. The average Bonchev–Trinajstić information content (AvgIpc) is 2.89. The van der Waals surface area contributed by atoms with Gasteiger partial charge in [-0.25, -0.2) is 0 Å². The van der Waals surface area contributed by atoms with Crippen LogP contribution >= 0.6 is 24.8 Å². The Morgan fingerprint density at radius 3 is 2.04 bits per heavy atom. The number of amidine groups is 2. The molecule has 3 aromatic rings. The van der Waals surface area contributed by atoms with Crippen molar-refractivity contribution in [2.24, 2.45) is 11.5 Å². The molecule has 0 aliphatic rings. The number of fused-ring (bicyclic) bond motifs is 1. The van der Waals surface area contributed by atoms with Crippen LogP contribution in [0.15, 0.2) is 46.9 Å². The molecule has 0 spiro atoms. The Morgan fingerprint density at radius 2 is 1.46 bits per heavy atom. The summed E-state index contributed by atoms with van der Waals surface area (Å²) >= 11 is 0. The molecule has 0 saturated heterocycles. The van der Waals surface area contributed by atoms with Crippen molar-refractivity contribution in [1.29, 1.82) is 10.8 Å². The van der Waals surface area contributed by atoms with Crippen LogP contribution in [-0.4, -0.2) is 16.8 Å². The van der Waals surface area contributed by atoms with E-state index in [0.717, 1.165) is 5.39 Å². The first-order chi connectivity index (χ1) is 10.5. The molecule has 0 saturated carbocycles.